The van der Waals surface area contributed by atoms with Crippen LogP contribution in [0.25, 0.3) is 11.1 Å². The van der Waals surface area contributed by atoms with Crippen molar-refractivity contribution in [2.45, 2.75) is 38.4 Å². The van der Waals surface area contributed by atoms with E-state index in [-0.39, 0.29) is 37.3 Å². The molecule has 0 radical (unpaired) electrons. The first-order chi connectivity index (χ1) is 13.0. The number of carbonyl (C=O) groups is 1. The van der Waals surface area contributed by atoms with E-state index in [2.05, 4.69) is 0 Å². The van der Waals surface area contributed by atoms with E-state index in [1.165, 1.54) is 10.6 Å². The van der Waals surface area contributed by atoms with E-state index in [1.807, 2.05) is 0 Å². The van der Waals surface area contributed by atoms with E-state index in [0.29, 0.717) is 21.7 Å². The summed E-state index contributed by atoms with van der Waals surface area (Å²) in [6.07, 6.45) is 1.99. The number of halogens is 2. The molecule has 7 heteroatoms. The number of hydrogen-bond acceptors (Lipinski definition) is 3. The third kappa shape index (κ3) is 3.76. The Balaban J connectivity index is 1.50. The summed E-state index contributed by atoms with van der Waals surface area (Å²) in [6.45, 7) is 0.444. The van der Waals surface area contributed by atoms with Crippen molar-refractivity contribution in [3.05, 3.63) is 69.4 Å². The standard InChI is InChI=1S/C20H18ClFN2O3/c21-14-5-8-17-18(11-14)27-20(26)23(17)10-9-19(25)24(15-6-7-15)12-13-3-1-2-4-16(13)22/h1-5,8,11,15H,6-7,9-10,12H2. The summed E-state index contributed by atoms with van der Waals surface area (Å²) in [5.74, 6) is -0.937. The van der Waals surface area contributed by atoms with E-state index in [1.54, 1.807) is 41.3 Å². The second-order valence-corrected chi connectivity index (χ2v) is 7.16. The van der Waals surface area contributed by atoms with Gasteiger partial charge in [0, 0.05) is 42.2 Å². The Morgan fingerprint density at radius 3 is 2.78 bits per heavy atom. The Labute approximate surface area is 159 Å². The van der Waals surface area contributed by atoms with Crippen LogP contribution in [-0.4, -0.2) is 21.4 Å². The fraction of sp³-hybridized carbons (Fsp3) is 0.300. The van der Waals surface area contributed by atoms with Crippen LogP contribution in [0, 0.1) is 5.82 Å². The van der Waals surface area contributed by atoms with Crippen molar-refractivity contribution in [1.29, 1.82) is 0 Å². The van der Waals surface area contributed by atoms with Gasteiger partial charge in [0.05, 0.1) is 5.52 Å². The highest BCUT2D eigenvalue weighted by atomic mass is 35.5. The van der Waals surface area contributed by atoms with Crippen molar-refractivity contribution in [2.75, 3.05) is 0 Å². The van der Waals surface area contributed by atoms with Gasteiger partial charge in [-0.15, -0.1) is 0 Å². The molecular formula is C20H18ClFN2O3. The number of carbonyl (C=O) groups excluding carboxylic acids is 1. The molecule has 0 saturated heterocycles. The summed E-state index contributed by atoms with van der Waals surface area (Å²) in [6, 6.07) is 11.6. The lowest BCUT2D eigenvalue weighted by Crippen LogP contribution is -2.34. The lowest BCUT2D eigenvalue weighted by atomic mass is 10.2. The van der Waals surface area contributed by atoms with Gasteiger partial charge in [-0.05, 0) is 31.0 Å². The molecule has 1 saturated carbocycles. The lowest BCUT2D eigenvalue weighted by molar-refractivity contribution is -0.132. The minimum Gasteiger partial charge on any atom is -0.408 e. The van der Waals surface area contributed by atoms with E-state index >= 15 is 0 Å². The Bertz CT molecular complexity index is 1050. The van der Waals surface area contributed by atoms with Crippen LogP contribution in [0.15, 0.2) is 51.7 Å². The lowest BCUT2D eigenvalue weighted by Gasteiger charge is -2.23. The van der Waals surface area contributed by atoms with Crippen molar-refractivity contribution in [3.63, 3.8) is 0 Å². The summed E-state index contributed by atoms with van der Waals surface area (Å²) in [4.78, 5) is 26.6. The number of amides is 1. The van der Waals surface area contributed by atoms with Crippen LogP contribution in [0.2, 0.25) is 5.02 Å². The van der Waals surface area contributed by atoms with Crippen LogP contribution in [-0.2, 0) is 17.9 Å². The quantitative estimate of drug-likeness (QED) is 0.642. The molecule has 1 aliphatic carbocycles. The molecule has 0 N–H and O–H groups in total. The number of aromatic nitrogens is 1. The third-order valence-corrected chi connectivity index (χ3v) is 5.02. The molecule has 0 aliphatic heterocycles. The van der Waals surface area contributed by atoms with Gasteiger partial charge in [-0.1, -0.05) is 29.8 Å². The van der Waals surface area contributed by atoms with Crippen LogP contribution in [0.4, 0.5) is 4.39 Å². The van der Waals surface area contributed by atoms with E-state index in [4.69, 9.17) is 16.0 Å². The Hall–Kier alpha value is -2.60. The summed E-state index contributed by atoms with van der Waals surface area (Å²) in [7, 11) is 0. The number of fused-ring (bicyclic) bond motifs is 1. The molecule has 27 heavy (non-hydrogen) atoms. The summed E-state index contributed by atoms with van der Waals surface area (Å²) >= 11 is 5.92. The van der Waals surface area contributed by atoms with E-state index < -0.39 is 5.76 Å². The van der Waals surface area contributed by atoms with Crippen LogP contribution >= 0.6 is 11.6 Å². The second-order valence-electron chi connectivity index (χ2n) is 6.73. The maximum absolute atomic E-state index is 14.0. The van der Waals surface area contributed by atoms with Crippen LogP contribution in [0.5, 0.6) is 0 Å². The molecule has 5 nitrogen and oxygen atoms in total. The monoisotopic (exact) mass is 388 g/mol. The smallest absolute Gasteiger partial charge is 0.408 e. The fourth-order valence-electron chi connectivity index (χ4n) is 3.22. The van der Waals surface area contributed by atoms with Crippen molar-refractivity contribution in [3.8, 4) is 0 Å². The molecule has 0 atom stereocenters. The minimum absolute atomic E-state index is 0.101. The molecule has 3 aromatic rings. The molecule has 2 aromatic carbocycles. The summed E-state index contributed by atoms with van der Waals surface area (Å²) < 4.78 is 20.6. The van der Waals surface area contributed by atoms with Crippen LogP contribution < -0.4 is 5.76 Å². The van der Waals surface area contributed by atoms with Crippen LogP contribution in [0.1, 0.15) is 24.8 Å². The Kier molecular flexibility index (Phi) is 4.74. The van der Waals surface area contributed by atoms with Crippen molar-refractivity contribution >= 4 is 28.6 Å². The number of nitrogens with zero attached hydrogens (tertiary/aromatic N) is 2. The molecule has 1 heterocycles. The molecule has 0 spiro atoms. The zero-order chi connectivity index (χ0) is 19.0. The fourth-order valence-corrected chi connectivity index (χ4v) is 3.38. The SMILES string of the molecule is O=C(CCn1c(=O)oc2cc(Cl)ccc21)N(Cc1ccccc1F)C1CC1. The first kappa shape index (κ1) is 17.8. The first-order valence-electron chi connectivity index (χ1n) is 8.84. The van der Waals surface area contributed by atoms with Gasteiger partial charge in [-0.25, -0.2) is 9.18 Å². The molecule has 1 aliphatic rings. The maximum Gasteiger partial charge on any atom is 0.419 e. The number of rotatable bonds is 6. The average Bonchev–Trinajstić information content (AvgIpc) is 3.42. The zero-order valence-electron chi connectivity index (χ0n) is 14.5. The first-order valence-corrected chi connectivity index (χ1v) is 9.22. The average molecular weight is 389 g/mol. The van der Waals surface area contributed by atoms with Gasteiger partial charge >= 0.3 is 5.76 Å². The Morgan fingerprint density at radius 2 is 2.04 bits per heavy atom. The minimum atomic E-state index is -0.521. The second kappa shape index (κ2) is 7.19. The third-order valence-electron chi connectivity index (χ3n) is 4.79. The largest absolute Gasteiger partial charge is 0.419 e. The van der Waals surface area contributed by atoms with Crippen molar-refractivity contribution < 1.29 is 13.6 Å². The van der Waals surface area contributed by atoms with Gasteiger partial charge in [0.25, 0.3) is 0 Å². The molecule has 0 bridgehead atoms. The number of oxazole rings is 1. The van der Waals surface area contributed by atoms with Gasteiger partial charge in [0.2, 0.25) is 5.91 Å². The van der Waals surface area contributed by atoms with E-state index in [9.17, 15) is 14.0 Å². The predicted octanol–water partition coefficient (Wildman–Crippen LogP) is 3.97. The maximum atomic E-state index is 14.0. The number of benzene rings is 2. The molecule has 140 valence electrons. The van der Waals surface area contributed by atoms with Gasteiger partial charge in [-0.2, -0.15) is 0 Å². The van der Waals surface area contributed by atoms with Crippen molar-refractivity contribution in [1.82, 2.24) is 9.47 Å². The molecule has 1 amide bonds. The van der Waals surface area contributed by atoms with Crippen LogP contribution in [0.3, 0.4) is 0 Å². The number of hydrogen-bond donors (Lipinski definition) is 0. The van der Waals surface area contributed by atoms with Gasteiger partial charge in [-0.3, -0.25) is 9.36 Å². The van der Waals surface area contributed by atoms with Crippen molar-refractivity contribution in [2.24, 2.45) is 0 Å². The normalized spacial score (nSPS) is 13.9. The van der Waals surface area contributed by atoms with Gasteiger partial charge in [0.1, 0.15) is 5.82 Å². The summed E-state index contributed by atoms with van der Waals surface area (Å²) in [5, 5.41) is 0.476. The van der Waals surface area contributed by atoms with E-state index in [0.717, 1.165) is 12.8 Å². The highest BCUT2D eigenvalue weighted by molar-refractivity contribution is 6.31. The molecule has 1 aromatic heterocycles. The predicted molar refractivity (Wildman–Crippen MR) is 100 cm³/mol. The molecular weight excluding hydrogens is 371 g/mol. The number of aryl methyl sites for hydroxylation is 1. The van der Waals surface area contributed by atoms with Gasteiger partial charge in [0.15, 0.2) is 5.58 Å². The molecule has 0 unspecified atom stereocenters. The topological polar surface area (TPSA) is 55.5 Å². The highest BCUT2D eigenvalue weighted by Crippen LogP contribution is 2.29. The zero-order valence-corrected chi connectivity index (χ0v) is 15.3. The highest BCUT2D eigenvalue weighted by Gasteiger charge is 2.32. The Morgan fingerprint density at radius 1 is 1.26 bits per heavy atom. The molecule has 1 fully saturated rings. The van der Waals surface area contributed by atoms with Gasteiger partial charge < -0.3 is 9.32 Å². The molecule has 4 rings (SSSR count). The summed E-state index contributed by atoms with van der Waals surface area (Å²) in [5.41, 5.74) is 1.49.